The third kappa shape index (κ3) is 2.82. The summed E-state index contributed by atoms with van der Waals surface area (Å²) in [5.74, 6) is 0. The first-order valence-corrected chi connectivity index (χ1v) is 8.11. The number of nitrogens with one attached hydrogen (secondary N) is 1. The van der Waals surface area contributed by atoms with E-state index in [-0.39, 0.29) is 6.04 Å². The number of para-hydroxylation sites is 1. The van der Waals surface area contributed by atoms with Gasteiger partial charge in [-0.05, 0) is 31.1 Å². The summed E-state index contributed by atoms with van der Waals surface area (Å²) in [6.07, 6.45) is 0.826. The fraction of sp³-hybridized carbons (Fsp3) is 0.400. The summed E-state index contributed by atoms with van der Waals surface area (Å²) in [7, 11) is 0. The van der Waals surface area contributed by atoms with Crippen molar-refractivity contribution in [1.82, 2.24) is 24.7 Å². The topological polar surface area (TPSA) is 55.6 Å². The molecule has 0 fully saturated rings. The van der Waals surface area contributed by atoms with Crippen LogP contribution in [0.2, 0.25) is 0 Å². The van der Waals surface area contributed by atoms with Gasteiger partial charge in [0.25, 0.3) is 0 Å². The first kappa shape index (κ1) is 14.2. The minimum Gasteiger partial charge on any atom is -0.308 e. The first-order valence-electron chi connectivity index (χ1n) is 7.28. The average Bonchev–Trinajstić information content (AvgIpc) is 3.15. The Balaban J connectivity index is 1.96. The number of fused-ring (bicyclic) bond motifs is 1. The van der Waals surface area contributed by atoms with Gasteiger partial charge >= 0.3 is 0 Å². The molecular weight excluding hydrogens is 282 g/mol. The summed E-state index contributed by atoms with van der Waals surface area (Å²) in [5.41, 5.74) is 3.31. The normalized spacial score (nSPS) is 12.9. The molecule has 0 bridgehead atoms. The number of likely N-dealkylation sites (N-methyl/N-ethyl adjacent to an activating group) is 1. The number of rotatable bonds is 6. The molecule has 6 heteroatoms. The Bertz CT molecular complexity index is 704. The van der Waals surface area contributed by atoms with Crippen LogP contribution in [-0.2, 0) is 13.0 Å². The molecule has 0 aliphatic carbocycles. The van der Waals surface area contributed by atoms with Crippen molar-refractivity contribution in [2.24, 2.45) is 0 Å². The molecule has 0 saturated carbocycles. The summed E-state index contributed by atoms with van der Waals surface area (Å²) in [6.45, 7) is 6.00. The number of hydrogen-bond acceptors (Lipinski definition) is 5. The Kier molecular flexibility index (Phi) is 4.26. The molecule has 2 aromatic heterocycles. The van der Waals surface area contributed by atoms with Crippen LogP contribution in [0, 0.1) is 0 Å². The van der Waals surface area contributed by atoms with E-state index >= 15 is 0 Å². The van der Waals surface area contributed by atoms with Gasteiger partial charge in [-0.25, -0.2) is 0 Å². The summed E-state index contributed by atoms with van der Waals surface area (Å²) in [6, 6.07) is 8.57. The van der Waals surface area contributed by atoms with Crippen LogP contribution in [0.15, 0.2) is 29.6 Å². The van der Waals surface area contributed by atoms with E-state index in [9.17, 15) is 0 Å². The molecule has 0 aliphatic rings. The molecule has 0 radical (unpaired) electrons. The predicted molar refractivity (Wildman–Crippen MR) is 85.4 cm³/mol. The third-order valence-corrected chi connectivity index (χ3v) is 4.14. The van der Waals surface area contributed by atoms with Crippen molar-refractivity contribution in [3.05, 3.63) is 41.0 Å². The molecule has 3 rings (SSSR count). The van der Waals surface area contributed by atoms with Crippen LogP contribution in [0.3, 0.4) is 0 Å². The van der Waals surface area contributed by atoms with Crippen LogP contribution in [0.5, 0.6) is 0 Å². The highest BCUT2D eigenvalue weighted by atomic mass is 32.1. The lowest BCUT2D eigenvalue weighted by atomic mass is 10.1. The van der Waals surface area contributed by atoms with Crippen LogP contribution in [0.1, 0.15) is 31.3 Å². The van der Waals surface area contributed by atoms with Gasteiger partial charge in [0.15, 0.2) is 0 Å². The molecule has 110 valence electrons. The average molecular weight is 301 g/mol. The van der Waals surface area contributed by atoms with Gasteiger partial charge < -0.3 is 5.32 Å². The summed E-state index contributed by atoms with van der Waals surface area (Å²) in [5, 5.41) is 15.7. The minimum atomic E-state index is 0.164. The molecule has 1 unspecified atom stereocenters. The number of aryl methyl sites for hydroxylation is 1. The van der Waals surface area contributed by atoms with Gasteiger partial charge in [0.1, 0.15) is 0 Å². The molecular formula is C15H19N5S. The lowest BCUT2D eigenvalue weighted by molar-refractivity contribution is 0.525. The number of nitrogens with zero attached hydrogens (tertiary/aromatic N) is 4. The molecule has 0 aliphatic heterocycles. The number of hydrogen-bond donors (Lipinski definition) is 1. The monoisotopic (exact) mass is 301 g/mol. The fourth-order valence-electron chi connectivity index (χ4n) is 2.63. The molecule has 3 aromatic rings. The zero-order chi connectivity index (χ0) is 14.7. The van der Waals surface area contributed by atoms with E-state index in [2.05, 4.69) is 57.7 Å². The van der Waals surface area contributed by atoms with E-state index < -0.39 is 0 Å². The smallest absolute Gasteiger partial charge is 0.0928 e. The largest absolute Gasteiger partial charge is 0.308 e. The molecule has 21 heavy (non-hydrogen) atoms. The predicted octanol–water partition coefficient (Wildman–Crippen LogP) is 2.80. The zero-order valence-corrected chi connectivity index (χ0v) is 13.1. The van der Waals surface area contributed by atoms with Gasteiger partial charge in [-0.1, -0.05) is 29.6 Å². The zero-order valence-electron chi connectivity index (χ0n) is 12.3. The molecule has 2 heterocycles. The van der Waals surface area contributed by atoms with Crippen LogP contribution >= 0.6 is 11.5 Å². The van der Waals surface area contributed by atoms with E-state index in [1.165, 1.54) is 22.4 Å². The maximum Gasteiger partial charge on any atom is 0.0928 e. The fourth-order valence-corrected chi connectivity index (χ4v) is 3.14. The number of benzene rings is 1. The van der Waals surface area contributed by atoms with Crippen LogP contribution in [-0.4, -0.2) is 25.9 Å². The van der Waals surface area contributed by atoms with Gasteiger partial charge in [-0.2, -0.15) is 5.10 Å². The lowest BCUT2D eigenvalue weighted by Gasteiger charge is -2.13. The molecule has 0 spiro atoms. The molecule has 5 nitrogen and oxygen atoms in total. The minimum absolute atomic E-state index is 0.164. The van der Waals surface area contributed by atoms with E-state index in [0.29, 0.717) is 0 Å². The van der Waals surface area contributed by atoms with Crippen molar-refractivity contribution < 1.29 is 0 Å². The van der Waals surface area contributed by atoms with Crippen molar-refractivity contribution in [3.63, 3.8) is 0 Å². The second-order valence-corrected chi connectivity index (χ2v) is 5.53. The van der Waals surface area contributed by atoms with Gasteiger partial charge in [0.05, 0.1) is 22.9 Å². The standard InChI is InChI=1S/C15H19N5S/c1-3-16-13(14-10-21-19-17-14)9-12-11-7-5-6-8-15(11)20(4-2)18-12/h5-8,10,13,16H,3-4,9H2,1-2H3. The molecule has 0 amide bonds. The molecule has 0 saturated heterocycles. The first-order chi connectivity index (χ1) is 10.3. The second kappa shape index (κ2) is 6.32. The van der Waals surface area contributed by atoms with Crippen molar-refractivity contribution >= 4 is 22.4 Å². The Morgan fingerprint density at radius 2 is 2.14 bits per heavy atom. The Morgan fingerprint density at radius 3 is 2.86 bits per heavy atom. The Labute approximate surface area is 128 Å². The van der Waals surface area contributed by atoms with Crippen LogP contribution < -0.4 is 5.32 Å². The lowest BCUT2D eigenvalue weighted by Crippen LogP contribution is -2.23. The van der Waals surface area contributed by atoms with E-state index in [1.807, 2.05) is 5.38 Å². The summed E-state index contributed by atoms with van der Waals surface area (Å²) in [4.78, 5) is 0. The highest BCUT2D eigenvalue weighted by Crippen LogP contribution is 2.24. The van der Waals surface area contributed by atoms with Crippen molar-refractivity contribution in [2.75, 3.05) is 6.54 Å². The Morgan fingerprint density at radius 1 is 1.29 bits per heavy atom. The van der Waals surface area contributed by atoms with Crippen molar-refractivity contribution in [2.45, 2.75) is 32.9 Å². The third-order valence-electron chi connectivity index (χ3n) is 3.62. The summed E-state index contributed by atoms with van der Waals surface area (Å²) < 4.78 is 6.04. The van der Waals surface area contributed by atoms with Gasteiger partial charge in [0.2, 0.25) is 0 Å². The van der Waals surface area contributed by atoms with Crippen LogP contribution in [0.25, 0.3) is 10.9 Å². The quantitative estimate of drug-likeness (QED) is 0.760. The number of aromatic nitrogens is 4. The van der Waals surface area contributed by atoms with Crippen molar-refractivity contribution in [3.8, 4) is 0 Å². The van der Waals surface area contributed by atoms with Crippen LogP contribution in [0.4, 0.5) is 0 Å². The second-order valence-electron chi connectivity index (χ2n) is 4.92. The maximum absolute atomic E-state index is 4.77. The van der Waals surface area contributed by atoms with E-state index in [0.717, 1.165) is 30.9 Å². The highest BCUT2D eigenvalue weighted by molar-refractivity contribution is 7.03. The van der Waals surface area contributed by atoms with Crippen molar-refractivity contribution in [1.29, 1.82) is 0 Å². The summed E-state index contributed by atoms with van der Waals surface area (Å²) >= 11 is 1.39. The van der Waals surface area contributed by atoms with Gasteiger partial charge in [-0.15, -0.1) is 5.10 Å². The molecule has 1 N–H and O–H groups in total. The Hall–Kier alpha value is -1.79. The maximum atomic E-state index is 4.77. The van der Waals surface area contributed by atoms with Gasteiger partial charge in [-0.3, -0.25) is 4.68 Å². The van der Waals surface area contributed by atoms with E-state index in [1.54, 1.807) is 0 Å². The highest BCUT2D eigenvalue weighted by Gasteiger charge is 2.18. The van der Waals surface area contributed by atoms with E-state index in [4.69, 9.17) is 5.10 Å². The van der Waals surface area contributed by atoms with Gasteiger partial charge in [0, 0.05) is 23.7 Å². The molecule has 1 atom stereocenters. The SMILES string of the molecule is CCNC(Cc1nn(CC)c2ccccc12)c1csnn1. The molecule has 1 aromatic carbocycles.